The van der Waals surface area contributed by atoms with Crippen molar-refractivity contribution in [3.63, 3.8) is 0 Å². The van der Waals surface area contributed by atoms with Crippen molar-refractivity contribution in [3.8, 4) is 11.4 Å². The van der Waals surface area contributed by atoms with Crippen molar-refractivity contribution < 1.29 is 0 Å². The molecule has 0 amide bonds. The van der Waals surface area contributed by atoms with Crippen molar-refractivity contribution in [2.24, 2.45) is 0 Å². The molecule has 2 heterocycles. The van der Waals surface area contributed by atoms with Gasteiger partial charge in [-0.05, 0) is 19.3 Å². The standard InChI is InChI=1S/C13H14N4/c1-2-4-12(5-3-1)17-7-6-16-13(17)11-8-14-10-15-9-11/h2,4,6-10,12H,1,3,5H2. The van der Waals surface area contributed by atoms with E-state index in [4.69, 9.17) is 0 Å². The van der Waals surface area contributed by atoms with Crippen molar-refractivity contribution in [1.82, 2.24) is 19.5 Å². The van der Waals surface area contributed by atoms with Crippen LogP contribution < -0.4 is 0 Å². The second kappa shape index (κ2) is 4.49. The number of aromatic nitrogens is 4. The topological polar surface area (TPSA) is 43.6 Å². The molecule has 86 valence electrons. The molecular formula is C13H14N4. The fourth-order valence-corrected chi connectivity index (χ4v) is 2.24. The van der Waals surface area contributed by atoms with Gasteiger partial charge in [0.25, 0.3) is 0 Å². The SMILES string of the molecule is C1=CC(n2ccnc2-c2cncnc2)CCC1. The molecule has 0 radical (unpaired) electrons. The Morgan fingerprint density at radius 1 is 1.24 bits per heavy atom. The van der Waals surface area contributed by atoms with Crippen molar-refractivity contribution in [1.29, 1.82) is 0 Å². The van der Waals surface area contributed by atoms with Crippen LogP contribution in [0.1, 0.15) is 25.3 Å². The molecule has 1 aliphatic carbocycles. The van der Waals surface area contributed by atoms with Gasteiger partial charge in [-0.25, -0.2) is 15.0 Å². The Bertz CT molecular complexity index is 515. The summed E-state index contributed by atoms with van der Waals surface area (Å²) >= 11 is 0. The lowest BCUT2D eigenvalue weighted by molar-refractivity contribution is 0.521. The molecule has 0 bridgehead atoms. The summed E-state index contributed by atoms with van der Waals surface area (Å²) in [6.45, 7) is 0. The second-order valence-corrected chi connectivity index (χ2v) is 4.21. The largest absolute Gasteiger partial charge is 0.324 e. The van der Waals surface area contributed by atoms with E-state index in [2.05, 4.69) is 31.7 Å². The first-order valence-corrected chi connectivity index (χ1v) is 5.90. The number of hydrogen-bond donors (Lipinski definition) is 0. The van der Waals surface area contributed by atoms with Crippen LogP contribution in [-0.2, 0) is 0 Å². The molecular weight excluding hydrogens is 212 g/mol. The van der Waals surface area contributed by atoms with E-state index in [0.29, 0.717) is 6.04 Å². The molecule has 3 rings (SSSR count). The number of imidazole rings is 1. The number of nitrogens with zero attached hydrogens (tertiary/aromatic N) is 4. The van der Waals surface area contributed by atoms with E-state index >= 15 is 0 Å². The molecule has 0 spiro atoms. The van der Waals surface area contributed by atoms with Gasteiger partial charge in [0.1, 0.15) is 12.2 Å². The predicted octanol–water partition coefficient (Wildman–Crippen LogP) is 2.62. The van der Waals surface area contributed by atoms with Crippen LogP contribution in [0.2, 0.25) is 0 Å². The zero-order valence-corrected chi connectivity index (χ0v) is 9.53. The summed E-state index contributed by atoms with van der Waals surface area (Å²) in [4.78, 5) is 12.5. The van der Waals surface area contributed by atoms with Crippen LogP contribution in [0.15, 0.2) is 43.3 Å². The van der Waals surface area contributed by atoms with Gasteiger partial charge in [-0.3, -0.25) is 0 Å². The highest BCUT2D eigenvalue weighted by atomic mass is 15.1. The molecule has 0 saturated heterocycles. The van der Waals surface area contributed by atoms with E-state index in [-0.39, 0.29) is 0 Å². The van der Waals surface area contributed by atoms with Crippen molar-refractivity contribution in [3.05, 3.63) is 43.3 Å². The molecule has 17 heavy (non-hydrogen) atoms. The summed E-state index contributed by atoms with van der Waals surface area (Å²) < 4.78 is 2.20. The summed E-state index contributed by atoms with van der Waals surface area (Å²) in [5.41, 5.74) is 0.969. The van der Waals surface area contributed by atoms with Crippen LogP contribution in [0.4, 0.5) is 0 Å². The van der Waals surface area contributed by atoms with Crippen molar-refractivity contribution in [2.45, 2.75) is 25.3 Å². The Morgan fingerprint density at radius 2 is 2.12 bits per heavy atom. The molecule has 0 aromatic carbocycles. The minimum atomic E-state index is 0.418. The first kappa shape index (κ1) is 10.2. The maximum Gasteiger partial charge on any atom is 0.143 e. The van der Waals surface area contributed by atoms with E-state index in [1.807, 2.05) is 12.4 Å². The molecule has 0 saturated carbocycles. The third-order valence-corrected chi connectivity index (χ3v) is 3.07. The molecule has 4 nitrogen and oxygen atoms in total. The molecule has 1 atom stereocenters. The summed E-state index contributed by atoms with van der Waals surface area (Å²) in [6.07, 6.45) is 17.1. The third-order valence-electron chi connectivity index (χ3n) is 3.07. The smallest absolute Gasteiger partial charge is 0.143 e. The van der Waals surface area contributed by atoms with Gasteiger partial charge < -0.3 is 4.57 Å². The molecule has 1 unspecified atom stereocenters. The zero-order chi connectivity index (χ0) is 11.5. The first-order valence-electron chi connectivity index (χ1n) is 5.90. The minimum absolute atomic E-state index is 0.418. The monoisotopic (exact) mass is 226 g/mol. The summed E-state index contributed by atoms with van der Waals surface area (Å²) in [5, 5.41) is 0. The van der Waals surface area contributed by atoms with Gasteiger partial charge in [-0.2, -0.15) is 0 Å². The Morgan fingerprint density at radius 3 is 2.88 bits per heavy atom. The molecule has 0 fully saturated rings. The third kappa shape index (κ3) is 1.98. The van der Waals surface area contributed by atoms with E-state index in [1.165, 1.54) is 25.6 Å². The fraction of sp³-hybridized carbons (Fsp3) is 0.308. The van der Waals surface area contributed by atoms with Crippen molar-refractivity contribution in [2.75, 3.05) is 0 Å². The molecule has 1 aliphatic rings. The molecule has 0 aliphatic heterocycles. The minimum Gasteiger partial charge on any atom is -0.324 e. The van der Waals surface area contributed by atoms with Gasteiger partial charge in [0.15, 0.2) is 0 Å². The van der Waals surface area contributed by atoms with Crippen LogP contribution in [0.3, 0.4) is 0 Å². The van der Waals surface area contributed by atoms with E-state index in [1.54, 1.807) is 12.4 Å². The van der Waals surface area contributed by atoms with Crippen LogP contribution in [0.25, 0.3) is 11.4 Å². The summed E-state index contributed by atoms with van der Waals surface area (Å²) in [7, 11) is 0. The number of rotatable bonds is 2. The lowest BCUT2D eigenvalue weighted by Gasteiger charge is -2.20. The maximum absolute atomic E-state index is 4.41. The molecule has 2 aromatic heterocycles. The van der Waals surface area contributed by atoms with E-state index in [9.17, 15) is 0 Å². The lowest BCUT2D eigenvalue weighted by Crippen LogP contribution is -2.09. The van der Waals surface area contributed by atoms with Crippen molar-refractivity contribution >= 4 is 0 Å². The quantitative estimate of drug-likeness (QED) is 0.739. The Labute approximate surface area is 100 Å². The fourth-order valence-electron chi connectivity index (χ4n) is 2.24. The Kier molecular flexibility index (Phi) is 2.69. The summed E-state index contributed by atoms with van der Waals surface area (Å²) in [5.74, 6) is 0.946. The molecule has 2 aromatic rings. The van der Waals surface area contributed by atoms with Gasteiger partial charge in [0.05, 0.1) is 11.6 Å². The van der Waals surface area contributed by atoms with Gasteiger partial charge >= 0.3 is 0 Å². The average Bonchev–Trinajstić information content (AvgIpc) is 2.90. The molecule has 0 N–H and O–H groups in total. The zero-order valence-electron chi connectivity index (χ0n) is 9.53. The highest BCUT2D eigenvalue weighted by molar-refractivity contribution is 5.52. The number of hydrogen-bond acceptors (Lipinski definition) is 3. The van der Waals surface area contributed by atoms with Crippen LogP contribution >= 0.6 is 0 Å². The first-order chi connectivity index (χ1) is 8.45. The van der Waals surface area contributed by atoms with Gasteiger partial charge in [-0.15, -0.1) is 0 Å². The number of allylic oxidation sites excluding steroid dienone is 2. The second-order valence-electron chi connectivity index (χ2n) is 4.21. The Hall–Kier alpha value is -1.97. The van der Waals surface area contributed by atoms with Gasteiger partial charge in [0, 0.05) is 24.8 Å². The van der Waals surface area contributed by atoms with Gasteiger partial charge in [0.2, 0.25) is 0 Å². The van der Waals surface area contributed by atoms with Crippen LogP contribution in [-0.4, -0.2) is 19.5 Å². The Balaban J connectivity index is 1.99. The van der Waals surface area contributed by atoms with E-state index < -0.39 is 0 Å². The normalized spacial score (nSPS) is 19.4. The summed E-state index contributed by atoms with van der Waals surface area (Å²) in [6, 6.07) is 0.418. The highest BCUT2D eigenvalue weighted by Gasteiger charge is 2.15. The predicted molar refractivity (Wildman–Crippen MR) is 65.3 cm³/mol. The average molecular weight is 226 g/mol. The highest BCUT2D eigenvalue weighted by Crippen LogP contribution is 2.27. The molecule has 4 heteroatoms. The van der Waals surface area contributed by atoms with E-state index in [0.717, 1.165) is 11.4 Å². The van der Waals surface area contributed by atoms with Crippen LogP contribution in [0.5, 0.6) is 0 Å². The lowest BCUT2D eigenvalue weighted by atomic mass is 10.0. The van der Waals surface area contributed by atoms with Gasteiger partial charge in [-0.1, -0.05) is 12.2 Å². The van der Waals surface area contributed by atoms with Crippen LogP contribution in [0, 0.1) is 0 Å². The maximum atomic E-state index is 4.41.